The summed E-state index contributed by atoms with van der Waals surface area (Å²) < 4.78 is 9.29. The predicted octanol–water partition coefficient (Wildman–Crippen LogP) is -1.26. The fourth-order valence-corrected chi connectivity index (χ4v) is 0.344. The van der Waals surface area contributed by atoms with Gasteiger partial charge >= 0.3 is 6.03 Å². The molecule has 6 heteroatoms. The molecule has 6 nitrogen and oxygen atoms in total. The molecule has 0 aliphatic carbocycles. The number of methoxy groups -OCH3 is 2. The van der Waals surface area contributed by atoms with Gasteiger partial charge in [-0.1, -0.05) is 0 Å². The Labute approximate surface area is 58.6 Å². The zero-order chi connectivity index (χ0) is 7.98. The Morgan fingerprint density at radius 3 is 2.30 bits per heavy atom. The SMILES string of the molecule is COC(NNC(N)=O)OC. The van der Waals surface area contributed by atoms with Gasteiger partial charge in [0.05, 0.1) is 0 Å². The van der Waals surface area contributed by atoms with Crippen LogP contribution in [0, 0.1) is 0 Å². The van der Waals surface area contributed by atoms with Crippen molar-refractivity contribution in [3.8, 4) is 0 Å². The predicted molar refractivity (Wildman–Crippen MR) is 33.7 cm³/mol. The minimum Gasteiger partial charge on any atom is -0.351 e. The number of ether oxygens (including phenoxy) is 2. The molecule has 4 N–H and O–H groups in total. The summed E-state index contributed by atoms with van der Waals surface area (Å²) in [6, 6.07) is -0.695. The lowest BCUT2D eigenvalue weighted by Crippen LogP contribution is -2.48. The second kappa shape index (κ2) is 4.98. The Morgan fingerprint density at radius 1 is 1.50 bits per heavy atom. The second-order valence-electron chi connectivity index (χ2n) is 1.44. The monoisotopic (exact) mass is 149 g/mol. The number of hydrogen-bond acceptors (Lipinski definition) is 4. The van der Waals surface area contributed by atoms with Crippen molar-refractivity contribution in [1.29, 1.82) is 0 Å². The van der Waals surface area contributed by atoms with E-state index in [1.165, 1.54) is 14.2 Å². The molecule has 0 aromatic heterocycles. The zero-order valence-electron chi connectivity index (χ0n) is 5.88. The molecule has 0 saturated heterocycles. The molecule has 60 valence electrons. The van der Waals surface area contributed by atoms with Crippen LogP contribution in [0.4, 0.5) is 4.79 Å². The highest BCUT2D eigenvalue weighted by molar-refractivity contribution is 5.70. The normalized spacial score (nSPS) is 9.90. The Kier molecular flexibility index (Phi) is 4.55. The summed E-state index contributed by atoms with van der Waals surface area (Å²) in [5.41, 5.74) is 9.16. The van der Waals surface area contributed by atoms with Gasteiger partial charge in [0.15, 0.2) is 0 Å². The highest BCUT2D eigenvalue weighted by atomic mass is 16.7. The van der Waals surface area contributed by atoms with E-state index in [-0.39, 0.29) is 0 Å². The van der Waals surface area contributed by atoms with Gasteiger partial charge in [-0.25, -0.2) is 4.79 Å². The van der Waals surface area contributed by atoms with Crippen LogP contribution in [-0.4, -0.2) is 26.7 Å². The molecular formula is C4H11N3O3. The minimum atomic E-state index is -0.695. The van der Waals surface area contributed by atoms with E-state index < -0.39 is 12.4 Å². The highest BCUT2D eigenvalue weighted by Gasteiger charge is 2.02. The van der Waals surface area contributed by atoms with E-state index in [0.29, 0.717) is 0 Å². The first-order valence-corrected chi connectivity index (χ1v) is 2.57. The van der Waals surface area contributed by atoms with Crippen LogP contribution in [-0.2, 0) is 9.47 Å². The molecule has 0 spiro atoms. The maximum Gasteiger partial charge on any atom is 0.326 e. The van der Waals surface area contributed by atoms with Crippen LogP contribution in [0.1, 0.15) is 0 Å². The number of hydrogen-bond donors (Lipinski definition) is 3. The van der Waals surface area contributed by atoms with Gasteiger partial charge in [0.1, 0.15) is 0 Å². The van der Waals surface area contributed by atoms with Crippen molar-refractivity contribution >= 4 is 6.03 Å². The first-order chi connectivity index (χ1) is 4.70. The van der Waals surface area contributed by atoms with E-state index in [2.05, 4.69) is 20.3 Å². The Bertz CT molecular complexity index is 104. The van der Waals surface area contributed by atoms with E-state index in [1.807, 2.05) is 0 Å². The summed E-state index contributed by atoms with van der Waals surface area (Å²) in [6.45, 7) is 0. The maximum absolute atomic E-state index is 10.1. The fraction of sp³-hybridized carbons (Fsp3) is 0.750. The van der Waals surface area contributed by atoms with Gasteiger partial charge in [0.2, 0.25) is 6.41 Å². The lowest BCUT2D eigenvalue weighted by Gasteiger charge is -2.13. The number of rotatable bonds is 4. The molecule has 0 aromatic carbocycles. The molecule has 0 aliphatic heterocycles. The number of carbonyl (C=O) groups is 1. The molecule has 0 bridgehead atoms. The van der Waals surface area contributed by atoms with Gasteiger partial charge in [0.25, 0.3) is 0 Å². The summed E-state index contributed by atoms with van der Waals surface area (Å²) in [6.07, 6.45) is -0.674. The van der Waals surface area contributed by atoms with Crippen molar-refractivity contribution in [2.75, 3.05) is 14.2 Å². The van der Waals surface area contributed by atoms with E-state index in [4.69, 9.17) is 5.73 Å². The molecule has 0 heterocycles. The van der Waals surface area contributed by atoms with Crippen LogP contribution in [0.5, 0.6) is 0 Å². The van der Waals surface area contributed by atoms with Crippen LogP contribution >= 0.6 is 0 Å². The molecule has 0 atom stereocenters. The molecule has 0 radical (unpaired) electrons. The average Bonchev–Trinajstić information content (AvgIpc) is 1.90. The lowest BCUT2D eigenvalue weighted by molar-refractivity contribution is -0.128. The number of urea groups is 1. The number of amides is 2. The number of nitrogens with two attached hydrogens (primary N) is 1. The quantitative estimate of drug-likeness (QED) is 0.344. The summed E-state index contributed by atoms with van der Waals surface area (Å²) in [7, 11) is 2.84. The van der Waals surface area contributed by atoms with Gasteiger partial charge in [-0.05, 0) is 0 Å². The molecule has 0 unspecified atom stereocenters. The largest absolute Gasteiger partial charge is 0.351 e. The van der Waals surface area contributed by atoms with Gasteiger partial charge in [-0.3, -0.25) is 5.43 Å². The highest BCUT2D eigenvalue weighted by Crippen LogP contribution is 1.79. The van der Waals surface area contributed by atoms with Crippen molar-refractivity contribution in [3.05, 3.63) is 0 Å². The molecule has 0 aromatic rings. The molecule has 0 fully saturated rings. The van der Waals surface area contributed by atoms with Gasteiger partial charge in [0, 0.05) is 14.2 Å². The second-order valence-corrected chi connectivity index (χ2v) is 1.44. The lowest BCUT2D eigenvalue weighted by atomic mass is 11.0. The van der Waals surface area contributed by atoms with Crippen molar-refractivity contribution in [3.63, 3.8) is 0 Å². The van der Waals surface area contributed by atoms with Crippen LogP contribution in [0.25, 0.3) is 0 Å². The third kappa shape index (κ3) is 4.07. The maximum atomic E-state index is 10.1. The summed E-state index contributed by atoms with van der Waals surface area (Å²) in [4.78, 5) is 10.1. The average molecular weight is 149 g/mol. The molecular weight excluding hydrogens is 138 g/mol. The van der Waals surface area contributed by atoms with Crippen LogP contribution in [0.15, 0.2) is 0 Å². The summed E-state index contributed by atoms with van der Waals surface area (Å²) in [5.74, 6) is 0. The third-order valence-electron chi connectivity index (χ3n) is 0.741. The van der Waals surface area contributed by atoms with Crippen LogP contribution < -0.4 is 16.6 Å². The fourth-order valence-electron chi connectivity index (χ4n) is 0.344. The van der Waals surface area contributed by atoms with E-state index in [0.717, 1.165) is 0 Å². The first kappa shape index (κ1) is 9.15. The summed E-state index contributed by atoms with van der Waals surface area (Å²) in [5, 5.41) is 0. The molecule has 10 heavy (non-hydrogen) atoms. The van der Waals surface area contributed by atoms with Crippen molar-refractivity contribution in [2.45, 2.75) is 6.41 Å². The number of nitrogens with one attached hydrogen (secondary N) is 2. The minimum absolute atomic E-state index is 0.674. The molecule has 2 amide bonds. The van der Waals surface area contributed by atoms with Crippen LogP contribution in [0.3, 0.4) is 0 Å². The molecule has 0 saturated carbocycles. The van der Waals surface area contributed by atoms with Gasteiger partial charge < -0.3 is 15.2 Å². The number of hydrazine groups is 1. The first-order valence-electron chi connectivity index (χ1n) is 2.57. The zero-order valence-corrected chi connectivity index (χ0v) is 5.88. The Morgan fingerprint density at radius 2 is 2.00 bits per heavy atom. The molecule has 0 rings (SSSR count). The summed E-state index contributed by atoms with van der Waals surface area (Å²) >= 11 is 0. The Balaban J connectivity index is 3.34. The van der Waals surface area contributed by atoms with Crippen molar-refractivity contribution in [2.24, 2.45) is 5.73 Å². The topological polar surface area (TPSA) is 85.6 Å². The number of carbonyl (C=O) groups excluding carboxylic acids is 1. The Hall–Kier alpha value is -0.850. The van der Waals surface area contributed by atoms with E-state index in [9.17, 15) is 4.79 Å². The van der Waals surface area contributed by atoms with Crippen LogP contribution in [0.2, 0.25) is 0 Å². The third-order valence-corrected chi connectivity index (χ3v) is 0.741. The smallest absolute Gasteiger partial charge is 0.326 e. The van der Waals surface area contributed by atoms with Crippen molar-refractivity contribution < 1.29 is 14.3 Å². The standard InChI is InChI=1S/C4H11N3O3/c1-9-4(10-2)7-6-3(5)8/h4,7H,1-2H3,(H3,5,6,8). The van der Waals surface area contributed by atoms with Gasteiger partial charge in [-0.15, -0.1) is 0 Å². The van der Waals surface area contributed by atoms with E-state index in [1.54, 1.807) is 0 Å². The van der Waals surface area contributed by atoms with Gasteiger partial charge in [-0.2, -0.15) is 5.43 Å². The number of primary amides is 1. The molecule has 0 aliphatic rings. The van der Waals surface area contributed by atoms with Crippen molar-refractivity contribution in [1.82, 2.24) is 10.9 Å². The van der Waals surface area contributed by atoms with E-state index >= 15 is 0 Å².